The van der Waals surface area contributed by atoms with Crippen LogP contribution in [0.4, 0.5) is 4.79 Å². The summed E-state index contributed by atoms with van der Waals surface area (Å²) in [5, 5.41) is 59.7. The van der Waals surface area contributed by atoms with E-state index in [1.54, 1.807) is 38.7 Å². The van der Waals surface area contributed by atoms with Crippen molar-refractivity contribution in [1.82, 2.24) is 21.1 Å². The number of ether oxygens (including phenoxy) is 12. The number of hydrogen-bond donors (Lipinski definition) is 9. The SMILES string of the molecule is CCN(C(C)=O)[C@H]1CO[C@@H](O[C@H]2[C@H](O[C@H]3C#C/C=C\C#C[C@]4(O)CC(=O)C(NC(=O)OC)=C3/C4=C\CSSC(C)(C)CC(=O)NN)O[C@H](C)[C@@H](NO[C@H]3C[C@H](O)[C@H](SC(=O)c4c(C)c(I)c(O[C@@H]5O[C@@H](C)[C@H](O)[C@@H](OC)[C@H]5O)c(OC)c4OC)[C@@H](C)O3)[C@@H]2O)C[C@@H]1OC. The van der Waals surface area contributed by atoms with Crippen LogP contribution in [0.5, 0.6) is 17.2 Å². The Morgan fingerprint density at radius 3 is 2.23 bits per heavy atom. The lowest BCUT2D eigenvalue weighted by atomic mass is 9.75. The number of Topliss-reactive ketones (excluding diaryl/α,β-unsaturated/α-hetero) is 1. The highest BCUT2D eigenvalue weighted by Crippen LogP contribution is 2.49. The predicted molar refractivity (Wildman–Crippen MR) is 347 cm³/mol. The number of aliphatic hydroxyl groups excluding tert-OH is 4. The lowest BCUT2D eigenvalue weighted by Gasteiger charge is -2.47. The molecule has 7 rings (SSSR count). The minimum Gasteiger partial charge on any atom is -0.492 e. The van der Waals surface area contributed by atoms with Crippen LogP contribution < -0.4 is 36.3 Å². The second-order valence-electron chi connectivity index (χ2n) is 23.1. The highest BCUT2D eigenvalue weighted by atomic mass is 127. The Balaban J connectivity index is 1.15. The third-order valence-electron chi connectivity index (χ3n) is 16.3. The number of hydroxylamine groups is 1. The maximum Gasteiger partial charge on any atom is 0.411 e. The summed E-state index contributed by atoms with van der Waals surface area (Å²) in [4.78, 5) is 74.6. The number of methoxy groups -OCH3 is 5. The Kier molecular flexibility index (Phi) is 27.6. The van der Waals surface area contributed by atoms with Crippen molar-refractivity contribution in [3.63, 3.8) is 0 Å². The Morgan fingerprint density at radius 2 is 1.59 bits per heavy atom. The summed E-state index contributed by atoms with van der Waals surface area (Å²) in [5.41, 5.74) is 2.94. The molecule has 93 heavy (non-hydrogen) atoms. The van der Waals surface area contributed by atoms with Crippen molar-refractivity contribution < 1.29 is 111 Å². The fourth-order valence-electron chi connectivity index (χ4n) is 11.6. The molecule has 1 aromatic rings. The number of amides is 3. The van der Waals surface area contributed by atoms with Crippen LogP contribution in [0.3, 0.4) is 0 Å². The van der Waals surface area contributed by atoms with Gasteiger partial charge >= 0.3 is 6.09 Å². The molecule has 2 bridgehead atoms. The summed E-state index contributed by atoms with van der Waals surface area (Å²) in [6.07, 6.45) is -15.5. The summed E-state index contributed by atoms with van der Waals surface area (Å²) in [6, 6.07) is -1.69. The zero-order valence-corrected chi connectivity index (χ0v) is 58.4. The van der Waals surface area contributed by atoms with E-state index in [1.807, 2.05) is 43.4 Å². The van der Waals surface area contributed by atoms with Crippen LogP contribution in [0.25, 0.3) is 0 Å². The molecular formula is C61H84IN5O23S3. The molecule has 4 heterocycles. The van der Waals surface area contributed by atoms with E-state index in [9.17, 15) is 49.5 Å². The normalized spacial score (nSPS) is 33.6. The molecule has 4 fully saturated rings. The molecule has 6 aliphatic rings. The number of alkyl carbamates (subject to hydrolysis) is 1. The first-order chi connectivity index (χ1) is 44.1. The maximum atomic E-state index is 14.5. The van der Waals surface area contributed by atoms with Crippen molar-refractivity contribution in [3.8, 4) is 40.9 Å². The molecule has 10 N–H and O–H groups in total. The smallest absolute Gasteiger partial charge is 0.411 e. The number of halogens is 1. The quantitative estimate of drug-likeness (QED) is 0.0136. The molecule has 0 spiro atoms. The third-order valence-corrected chi connectivity index (χ3v) is 22.1. The van der Waals surface area contributed by atoms with Gasteiger partial charge in [0.25, 0.3) is 0 Å². The summed E-state index contributed by atoms with van der Waals surface area (Å²) in [7, 11) is 9.31. The summed E-state index contributed by atoms with van der Waals surface area (Å²) >= 11 is 2.79. The topological polar surface area (TPSA) is 372 Å². The standard InChI is InChI=1S/C61H84IN5O23S3/c1-14-67(32(6)68)34-27-83-40(24-38(34)78-9)88-53-48(73)45(29(3)85-58(53)87-37-19-17-15-16-18-21-61(77)25-36(70)46(64-59(76)82-13)43(37)33(61)20-22-91-93-60(7,8)26-39(71)65-63)66-90-41-23-35(69)55(31(5)84-41)92-56(75)42-28(2)44(62)51(54(81-12)50(42)79-10)89-57-49(74)52(80-11)47(72)30(4)86-57/h15-16,20,29-31,34-35,37-38,40-41,45,47-49,52-53,55,57-58,66,69,72-74,77H,14,22-27,63H2,1-13H3,(H,64,76)(H,65,71)/b16-15-,33-20+/t29-,30+,31-,34+,35+,37+,38+,40+,41+,45-,47+,48+,49-,52-,53-,55-,57+,58+,61+/m1/s1. The Bertz CT molecular complexity index is 3090. The van der Waals surface area contributed by atoms with Crippen LogP contribution in [-0.4, -0.2) is 234 Å². The molecule has 4 saturated heterocycles. The summed E-state index contributed by atoms with van der Waals surface area (Å²) in [6.45, 7) is 13.8. The number of carbonyl (C=O) groups excluding carboxylic acids is 5. The molecule has 0 radical (unpaired) electrons. The lowest BCUT2D eigenvalue weighted by Crippen LogP contribution is -2.65. The number of aliphatic hydroxyl groups is 5. The van der Waals surface area contributed by atoms with Gasteiger partial charge in [0, 0.05) is 68.6 Å². The van der Waals surface area contributed by atoms with Gasteiger partial charge in [-0.2, -0.15) is 5.48 Å². The average molecular weight is 1480 g/mol. The molecular weight excluding hydrogens is 1390 g/mol. The number of rotatable bonds is 24. The van der Waals surface area contributed by atoms with E-state index >= 15 is 0 Å². The summed E-state index contributed by atoms with van der Waals surface area (Å²) in [5.74, 6) is 15.7. The van der Waals surface area contributed by atoms with E-state index < -0.39 is 143 Å². The minimum absolute atomic E-state index is 0.00365. The number of hydrogen-bond acceptors (Lipinski definition) is 28. The average Bonchev–Trinajstić information content (AvgIpc) is 0.764. The van der Waals surface area contributed by atoms with Crippen LogP contribution in [-0.2, 0) is 61.9 Å². The van der Waals surface area contributed by atoms with Crippen molar-refractivity contribution in [1.29, 1.82) is 0 Å². The van der Waals surface area contributed by atoms with E-state index in [2.05, 4.69) is 39.9 Å². The number of thioether (sulfide) groups is 1. The van der Waals surface area contributed by atoms with Gasteiger partial charge in [0.1, 0.15) is 36.6 Å². The number of nitrogens with two attached hydrogens (primary N) is 1. The van der Waals surface area contributed by atoms with Crippen molar-refractivity contribution >= 4 is 84.7 Å². The van der Waals surface area contributed by atoms with Crippen molar-refractivity contribution in [2.75, 3.05) is 54.5 Å². The lowest BCUT2D eigenvalue weighted by molar-refractivity contribution is -0.337. The van der Waals surface area contributed by atoms with Crippen molar-refractivity contribution in [3.05, 3.63) is 49.8 Å². The van der Waals surface area contributed by atoms with E-state index in [0.29, 0.717) is 15.7 Å². The largest absolute Gasteiger partial charge is 0.492 e. The molecule has 2 aliphatic carbocycles. The molecule has 0 saturated carbocycles. The highest BCUT2D eigenvalue weighted by Gasteiger charge is 2.52. The van der Waals surface area contributed by atoms with Gasteiger partial charge in [0.05, 0.1) is 97.0 Å². The van der Waals surface area contributed by atoms with Crippen molar-refractivity contribution in [2.45, 2.75) is 201 Å². The number of nitrogens with zero attached hydrogens (tertiary/aromatic N) is 1. The van der Waals surface area contributed by atoms with Crippen molar-refractivity contribution in [2.24, 2.45) is 5.84 Å². The second-order valence-corrected chi connectivity index (χ2v) is 28.4. The Labute approximate surface area is 565 Å². The van der Waals surface area contributed by atoms with Gasteiger partial charge in [-0.25, -0.2) is 10.6 Å². The number of hydrazine groups is 1. The fraction of sp³-hybridized carbons (Fsp3) is 0.656. The first kappa shape index (κ1) is 76.0. The second kappa shape index (κ2) is 33.7. The maximum absolute atomic E-state index is 14.5. The first-order valence-corrected chi connectivity index (χ1v) is 34.1. The van der Waals surface area contributed by atoms with Crippen LogP contribution in [0.1, 0.15) is 90.1 Å². The number of ketones is 1. The number of likely N-dealkylation sites (N-methyl/N-ethyl adjacent to an activating group) is 1. The van der Waals surface area contributed by atoms with E-state index in [-0.39, 0.29) is 83.1 Å². The molecule has 28 nitrogen and oxygen atoms in total. The Hall–Kier alpha value is -4.35. The van der Waals surface area contributed by atoms with Gasteiger partial charge in [-0.3, -0.25) is 34.8 Å². The van der Waals surface area contributed by atoms with Gasteiger partial charge in [-0.1, -0.05) is 63.1 Å². The van der Waals surface area contributed by atoms with E-state index in [0.717, 1.165) is 18.9 Å². The van der Waals surface area contributed by atoms with E-state index in [1.165, 1.54) is 69.1 Å². The molecule has 0 aromatic heterocycles. The molecule has 19 atom stereocenters. The molecule has 1 aromatic carbocycles. The first-order valence-electron chi connectivity index (χ1n) is 29.8. The molecule has 32 heteroatoms. The zero-order chi connectivity index (χ0) is 68.4. The van der Waals surface area contributed by atoms with Crippen LogP contribution in [0.2, 0.25) is 0 Å². The van der Waals surface area contributed by atoms with Gasteiger partial charge in [0.15, 0.2) is 41.8 Å². The summed E-state index contributed by atoms with van der Waals surface area (Å²) < 4.78 is 72.2. The van der Waals surface area contributed by atoms with Gasteiger partial charge in [-0.15, -0.1) is 0 Å². The minimum atomic E-state index is -2.18. The number of nitrogens with one attached hydrogen (secondary N) is 3. The number of benzene rings is 1. The molecule has 516 valence electrons. The third kappa shape index (κ3) is 17.9. The van der Waals surface area contributed by atoms with Crippen LogP contribution in [0, 0.1) is 34.2 Å². The van der Waals surface area contributed by atoms with Gasteiger partial charge in [0.2, 0.25) is 29.0 Å². The fourth-order valence-corrected chi connectivity index (χ4v) is 15.7. The van der Waals surface area contributed by atoms with Crippen LogP contribution >= 0.6 is 55.9 Å². The molecule has 0 unspecified atom stereocenters. The van der Waals surface area contributed by atoms with E-state index in [4.69, 9.17) is 67.5 Å². The van der Waals surface area contributed by atoms with Crippen LogP contribution in [0.15, 0.2) is 35.1 Å². The molecule has 4 aliphatic heterocycles. The number of carbonyl (C=O) groups is 5. The highest BCUT2D eigenvalue weighted by molar-refractivity contribution is 14.1. The predicted octanol–water partition coefficient (Wildman–Crippen LogP) is 2.34. The van der Waals surface area contributed by atoms with Gasteiger partial charge in [-0.05, 0) is 88.8 Å². The van der Waals surface area contributed by atoms with Gasteiger partial charge < -0.3 is 87.3 Å². The Morgan fingerprint density at radius 1 is 0.892 bits per heavy atom. The molecule has 3 amide bonds. The monoisotopic (exact) mass is 1480 g/mol. The number of allylic oxidation sites excluding steroid dienone is 3. The number of fused-ring (bicyclic) bond motifs is 2. The zero-order valence-electron chi connectivity index (χ0n) is 53.8.